The van der Waals surface area contributed by atoms with Crippen LogP contribution in [0.4, 0.5) is 9.18 Å². The van der Waals surface area contributed by atoms with E-state index in [9.17, 15) is 18.8 Å². The minimum Gasteiger partial charge on any atom is -0.445 e. The number of Topliss-reactive ketones (excluding diaryl/α,β-unsaturated/α-hetero) is 1. The third kappa shape index (κ3) is 9.32. The van der Waals surface area contributed by atoms with Crippen LogP contribution in [-0.4, -0.2) is 56.0 Å². The van der Waals surface area contributed by atoms with Crippen LogP contribution in [0.25, 0.3) is 0 Å². The molecule has 1 saturated heterocycles. The number of ether oxygens (including phenoxy) is 3. The molecule has 2 amide bonds. The Hall–Kier alpha value is -2.52. The summed E-state index contributed by atoms with van der Waals surface area (Å²) in [6.45, 7) is 2.97. The van der Waals surface area contributed by atoms with Crippen molar-refractivity contribution in [1.82, 2.24) is 10.6 Å². The van der Waals surface area contributed by atoms with Crippen molar-refractivity contribution >= 4 is 17.8 Å². The third-order valence-corrected chi connectivity index (χ3v) is 4.95. The number of nitrogens with one attached hydrogen (secondary N) is 2. The summed E-state index contributed by atoms with van der Waals surface area (Å²) in [5.74, 6) is -1.33. The van der Waals surface area contributed by atoms with E-state index in [1.54, 1.807) is 0 Å². The summed E-state index contributed by atoms with van der Waals surface area (Å²) in [7, 11) is 0. The number of rotatable bonds is 12. The Bertz CT molecular complexity index is 724. The largest absolute Gasteiger partial charge is 0.445 e. The molecule has 1 aromatic carbocycles. The van der Waals surface area contributed by atoms with Gasteiger partial charge in [-0.25, -0.2) is 9.18 Å². The van der Waals surface area contributed by atoms with Gasteiger partial charge < -0.3 is 24.8 Å². The fourth-order valence-corrected chi connectivity index (χ4v) is 3.24. The summed E-state index contributed by atoms with van der Waals surface area (Å²) >= 11 is 0. The first-order valence-corrected chi connectivity index (χ1v) is 11.0. The van der Waals surface area contributed by atoms with E-state index in [4.69, 9.17) is 14.2 Å². The van der Waals surface area contributed by atoms with Gasteiger partial charge in [0.15, 0.2) is 12.1 Å². The summed E-state index contributed by atoms with van der Waals surface area (Å²) < 4.78 is 29.3. The number of alkyl halides is 1. The van der Waals surface area contributed by atoms with E-state index in [0.717, 1.165) is 18.4 Å². The number of benzene rings is 1. The second-order valence-electron chi connectivity index (χ2n) is 8.18. The van der Waals surface area contributed by atoms with Gasteiger partial charge >= 0.3 is 6.09 Å². The van der Waals surface area contributed by atoms with Gasteiger partial charge in [0, 0.05) is 6.61 Å². The zero-order chi connectivity index (χ0) is 23.3. The molecule has 1 aliphatic heterocycles. The molecule has 1 unspecified atom stereocenters. The topological polar surface area (TPSA) is 103 Å². The van der Waals surface area contributed by atoms with Crippen molar-refractivity contribution in [3.63, 3.8) is 0 Å². The van der Waals surface area contributed by atoms with Gasteiger partial charge in [0.2, 0.25) is 5.91 Å². The number of carbonyl (C=O) groups is 3. The number of amides is 2. The Morgan fingerprint density at radius 3 is 2.50 bits per heavy atom. The molecule has 0 saturated carbocycles. The lowest BCUT2D eigenvalue weighted by Gasteiger charge is -2.26. The van der Waals surface area contributed by atoms with Crippen molar-refractivity contribution in [2.24, 2.45) is 5.92 Å². The fourth-order valence-electron chi connectivity index (χ4n) is 3.24. The molecule has 1 heterocycles. The Labute approximate surface area is 188 Å². The van der Waals surface area contributed by atoms with Crippen LogP contribution in [0.1, 0.15) is 45.1 Å². The summed E-state index contributed by atoms with van der Waals surface area (Å²) in [6.07, 6.45) is 1.63. The van der Waals surface area contributed by atoms with Crippen LogP contribution in [0, 0.1) is 5.92 Å². The molecule has 0 aromatic heterocycles. The number of alkyl carbamates (subject to hydrolysis) is 1. The van der Waals surface area contributed by atoms with Gasteiger partial charge in [0.1, 0.15) is 25.4 Å². The maximum absolute atomic E-state index is 13.1. The lowest BCUT2D eigenvalue weighted by molar-refractivity contribution is -0.168. The molecular formula is C23H33FN2O6. The van der Waals surface area contributed by atoms with E-state index in [-0.39, 0.29) is 19.1 Å². The van der Waals surface area contributed by atoms with E-state index in [0.29, 0.717) is 19.4 Å². The molecular weight excluding hydrogens is 419 g/mol. The molecule has 178 valence electrons. The van der Waals surface area contributed by atoms with Gasteiger partial charge in [-0.15, -0.1) is 0 Å². The van der Waals surface area contributed by atoms with Crippen LogP contribution < -0.4 is 10.6 Å². The van der Waals surface area contributed by atoms with E-state index >= 15 is 0 Å². The molecule has 1 aliphatic rings. The predicted octanol–water partition coefficient (Wildman–Crippen LogP) is 2.89. The van der Waals surface area contributed by atoms with Crippen molar-refractivity contribution in [3.8, 4) is 0 Å². The van der Waals surface area contributed by atoms with Crippen molar-refractivity contribution in [2.75, 3.05) is 19.9 Å². The number of carbonyl (C=O) groups excluding carboxylic acids is 3. The molecule has 1 aromatic rings. The van der Waals surface area contributed by atoms with Gasteiger partial charge in [-0.1, -0.05) is 44.2 Å². The van der Waals surface area contributed by atoms with Crippen molar-refractivity contribution in [3.05, 3.63) is 35.9 Å². The van der Waals surface area contributed by atoms with Gasteiger partial charge in [-0.2, -0.15) is 0 Å². The van der Waals surface area contributed by atoms with E-state index in [1.165, 1.54) is 0 Å². The van der Waals surface area contributed by atoms with Crippen molar-refractivity contribution in [1.29, 1.82) is 0 Å². The van der Waals surface area contributed by atoms with Gasteiger partial charge in [0.25, 0.3) is 0 Å². The monoisotopic (exact) mass is 452 g/mol. The molecule has 2 rings (SSSR count). The average molecular weight is 453 g/mol. The second-order valence-corrected chi connectivity index (χ2v) is 8.18. The molecule has 0 spiro atoms. The summed E-state index contributed by atoms with van der Waals surface area (Å²) in [6, 6.07) is 7.02. The first-order valence-electron chi connectivity index (χ1n) is 11.0. The highest BCUT2D eigenvalue weighted by atomic mass is 19.1. The lowest BCUT2D eigenvalue weighted by Crippen LogP contribution is -2.54. The highest BCUT2D eigenvalue weighted by Gasteiger charge is 2.29. The van der Waals surface area contributed by atoms with Crippen LogP contribution in [-0.2, 0) is 30.4 Å². The zero-order valence-electron chi connectivity index (χ0n) is 18.7. The van der Waals surface area contributed by atoms with Gasteiger partial charge in [-0.3, -0.25) is 9.59 Å². The molecule has 0 aliphatic carbocycles. The first-order chi connectivity index (χ1) is 15.4. The number of ketones is 1. The standard InChI is InChI=1S/C23H33FN2O6/c1-16(2)12-18(26-23(29)32-14-17-8-4-3-5-9-17)22(28)25-19(20(27)13-24)15-31-21-10-6-7-11-30-21/h3-5,8-9,16,18-19,21H,6-7,10-15H2,1-2H3,(H,25,28)(H,26,29)/t18-,19+,21?/m0/s1. The van der Waals surface area contributed by atoms with Crippen LogP contribution in [0.5, 0.6) is 0 Å². The normalized spacial score (nSPS) is 17.9. The number of hydrogen-bond donors (Lipinski definition) is 2. The summed E-state index contributed by atoms with van der Waals surface area (Å²) in [5.41, 5.74) is 0.809. The first kappa shape index (κ1) is 25.7. The SMILES string of the molecule is CC(C)C[C@H](NC(=O)OCc1ccccc1)C(=O)N[C@H](COC1CCCCO1)C(=O)CF. The Morgan fingerprint density at radius 1 is 1.12 bits per heavy atom. The van der Waals surface area contributed by atoms with Crippen LogP contribution in [0.2, 0.25) is 0 Å². The Balaban J connectivity index is 1.93. The van der Waals surface area contributed by atoms with E-state index in [1.807, 2.05) is 44.2 Å². The second kappa shape index (κ2) is 13.8. The molecule has 3 atom stereocenters. The number of halogens is 1. The maximum atomic E-state index is 13.1. The quantitative estimate of drug-likeness (QED) is 0.506. The molecule has 9 heteroatoms. The average Bonchev–Trinajstić information content (AvgIpc) is 2.80. The minimum atomic E-state index is -1.23. The predicted molar refractivity (Wildman–Crippen MR) is 115 cm³/mol. The maximum Gasteiger partial charge on any atom is 0.408 e. The summed E-state index contributed by atoms with van der Waals surface area (Å²) in [5, 5.41) is 5.06. The minimum absolute atomic E-state index is 0.0564. The Kier molecular flexibility index (Phi) is 11.1. The van der Waals surface area contributed by atoms with Crippen molar-refractivity contribution in [2.45, 2.75) is 64.5 Å². The molecule has 0 radical (unpaired) electrons. The highest BCUT2D eigenvalue weighted by molar-refractivity contribution is 5.92. The van der Waals surface area contributed by atoms with Gasteiger partial charge in [-0.05, 0) is 37.2 Å². The molecule has 1 fully saturated rings. The number of hydrogen-bond acceptors (Lipinski definition) is 6. The highest BCUT2D eigenvalue weighted by Crippen LogP contribution is 2.14. The van der Waals surface area contributed by atoms with Gasteiger partial charge in [0.05, 0.1) is 6.61 Å². The van der Waals surface area contributed by atoms with E-state index in [2.05, 4.69) is 10.6 Å². The third-order valence-electron chi connectivity index (χ3n) is 4.95. The van der Waals surface area contributed by atoms with E-state index < -0.39 is 42.8 Å². The Morgan fingerprint density at radius 2 is 1.88 bits per heavy atom. The zero-order valence-corrected chi connectivity index (χ0v) is 18.7. The van der Waals surface area contributed by atoms with Crippen LogP contribution in [0.15, 0.2) is 30.3 Å². The molecule has 2 N–H and O–H groups in total. The smallest absolute Gasteiger partial charge is 0.408 e. The van der Waals surface area contributed by atoms with Crippen molar-refractivity contribution < 1.29 is 33.0 Å². The molecule has 0 bridgehead atoms. The fraction of sp³-hybridized carbons (Fsp3) is 0.609. The van der Waals surface area contributed by atoms with Crippen LogP contribution >= 0.6 is 0 Å². The molecule has 8 nitrogen and oxygen atoms in total. The summed E-state index contributed by atoms with van der Waals surface area (Å²) in [4.78, 5) is 37.1. The lowest BCUT2D eigenvalue weighted by atomic mass is 10.0. The molecule has 32 heavy (non-hydrogen) atoms. The van der Waals surface area contributed by atoms with Crippen LogP contribution in [0.3, 0.4) is 0 Å².